The molecule has 1 heterocycles. The number of aromatic amines is 1. The number of para-hydroxylation sites is 1. The third-order valence-corrected chi connectivity index (χ3v) is 3.74. The second-order valence-corrected chi connectivity index (χ2v) is 5.39. The number of H-pyrrole nitrogens is 1. The summed E-state index contributed by atoms with van der Waals surface area (Å²) in [5, 5.41) is 4.30. The van der Waals surface area contributed by atoms with E-state index in [-0.39, 0.29) is 5.91 Å². The van der Waals surface area contributed by atoms with E-state index in [9.17, 15) is 4.79 Å². The van der Waals surface area contributed by atoms with Crippen molar-refractivity contribution < 1.29 is 4.79 Å². The summed E-state index contributed by atoms with van der Waals surface area (Å²) in [6.45, 7) is 0. The van der Waals surface area contributed by atoms with Gasteiger partial charge in [-0.2, -0.15) is 0 Å². The maximum atomic E-state index is 12.2. The van der Waals surface area contributed by atoms with Gasteiger partial charge in [0, 0.05) is 16.6 Å². The molecule has 0 atom stereocenters. The lowest BCUT2D eigenvalue weighted by Gasteiger charge is -2.07. The van der Waals surface area contributed by atoms with E-state index in [1.54, 1.807) is 18.2 Å². The van der Waals surface area contributed by atoms with Crippen molar-refractivity contribution in [3.8, 4) is 0 Å². The van der Waals surface area contributed by atoms with Gasteiger partial charge in [0.15, 0.2) is 0 Å². The van der Waals surface area contributed by atoms with Crippen LogP contribution >= 0.6 is 23.2 Å². The summed E-state index contributed by atoms with van der Waals surface area (Å²) >= 11 is 11.9. The molecule has 0 bridgehead atoms. The highest BCUT2D eigenvalue weighted by Gasteiger charge is 2.11. The van der Waals surface area contributed by atoms with Gasteiger partial charge in [0.1, 0.15) is 5.69 Å². The van der Waals surface area contributed by atoms with E-state index in [1.165, 1.54) is 0 Å². The van der Waals surface area contributed by atoms with Gasteiger partial charge in [-0.15, -0.1) is 0 Å². The van der Waals surface area contributed by atoms with Gasteiger partial charge in [0.05, 0.1) is 15.7 Å². The van der Waals surface area contributed by atoms with Crippen molar-refractivity contribution in [3.63, 3.8) is 0 Å². The molecule has 3 aromatic rings. The van der Waals surface area contributed by atoms with Crippen LogP contribution in [-0.2, 0) is 0 Å². The molecular formula is C15H11Cl2N3O. The smallest absolute Gasteiger partial charge is 0.272 e. The summed E-state index contributed by atoms with van der Waals surface area (Å²) < 4.78 is 0. The van der Waals surface area contributed by atoms with Gasteiger partial charge in [-0.05, 0) is 24.3 Å². The fourth-order valence-electron chi connectivity index (χ4n) is 2.05. The van der Waals surface area contributed by atoms with Crippen LogP contribution in [0.5, 0.6) is 0 Å². The Hall–Kier alpha value is -2.17. The third-order valence-electron chi connectivity index (χ3n) is 3.11. The minimum absolute atomic E-state index is 0.275. The molecule has 0 aliphatic carbocycles. The number of nitrogen functional groups attached to an aromatic ring is 1. The number of aromatic nitrogens is 1. The summed E-state index contributed by atoms with van der Waals surface area (Å²) in [5.74, 6) is -0.275. The van der Waals surface area contributed by atoms with Crippen LogP contribution in [0.25, 0.3) is 10.9 Å². The molecule has 0 aliphatic heterocycles. The van der Waals surface area contributed by atoms with Crippen LogP contribution in [0.1, 0.15) is 10.5 Å². The van der Waals surface area contributed by atoms with Crippen molar-refractivity contribution >= 4 is 51.4 Å². The number of fused-ring (bicyclic) bond motifs is 1. The second-order valence-electron chi connectivity index (χ2n) is 4.58. The molecule has 6 heteroatoms. The molecule has 4 N–H and O–H groups in total. The van der Waals surface area contributed by atoms with Crippen LogP contribution in [0.4, 0.5) is 11.4 Å². The maximum absolute atomic E-state index is 12.2. The van der Waals surface area contributed by atoms with Gasteiger partial charge in [0.2, 0.25) is 0 Å². The molecule has 0 spiro atoms. The van der Waals surface area contributed by atoms with Gasteiger partial charge in [0.25, 0.3) is 5.91 Å². The Balaban J connectivity index is 1.89. The molecule has 3 rings (SSSR count). The van der Waals surface area contributed by atoms with Crippen LogP contribution in [-0.4, -0.2) is 10.9 Å². The fourth-order valence-corrected chi connectivity index (χ4v) is 2.54. The van der Waals surface area contributed by atoms with E-state index < -0.39 is 0 Å². The maximum Gasteiger partial charge on any atom is 0.272 e. The van der Waals surface area contributed by atoms with E-state index in [2.05, 4.69) is 10.3 Å². The van der Waals surface area contributed by atoms with Crippen molar-refractivity contribution in [2.45, 2.75) is 0 Å². The molecule has 1 amide bonds. The fraction of sp³-hybridized carbons (Fsp3) is 0. The van der Waals surface area contributed by atoms with E-state index in [1.807, 2.05) is 24.3 Å². The number of nitrogens with one attached hydrogen (secondary N) is 2. The van der Waals surface area contributed by atoms with E-state index >= 15 is 0 Å². The van der Waals surface area contributed by atoms with Gasteiger partial charge in [-0.25, -0.2) is 0 Å². The average molecular weight is 320 g/mol. The Bertz CT molecular complexity index is 786. The first-order chi connectivity index (χ1) is 10.0. The number of halogens is 2. The zero-order valence-electron chi connectivity index (χ0n) is 10.8. The number of anilines is 2. The Morgan fingerprint density at radius 1 is 1.10 bits per heavy atom. The lowest BCUT2D eigenvalue weighted by Crippen LogP contribution is -2.12. The minimum atomic E-state index is -0.275. The zero-order valence-corrected chi connectivity index (χ0v) is 12.3. The Labute approximate surface area is 130 Å². The number of nitrogens with two attached hydrogens (primary N) is 1. The Morgan fingerprint density at radius 3 is 2.43 bits per heavy atom. The number of hydrogen-bond acceptors (Lipinski definition) is 2. The van der Waals surface area contributed by atoms with Crippen LogP contribution < -0.4 is 11.1 Å². The first kappa shape index (κ1) is 13.8. The highest BCUT2D eigenvalue weighted by molar-refractivity contribution is 6.39. The van der Waals surface area contributed by atoms with Crippen LogP contribution in [0, 0.1) is 0 Å². The molecule has 0 unspecified atom stereocenters. The summed E-state index contributed by atoms with van der Waals surface area (Å²) in [6.07, 6.45) is 0. The molecule has 1 aromatic heterocycles. The summed E-state index contributed by atoms with van der Waals surface area (Å²) in [6, 6.07) is 12.6. The molecule has 0 saturated heterocycles. The molecule has 0 fully saturated rings. The highest BCUT2D eigenvalue weighted by atomic mass is 35.5. The predicted molar refractivity (Wildman–Crippen MR) is 87.1 cm³/mol. The van der Waals surface area contributed by atoms with Crippen molar-refractivity contribution in [1.29, 1.82) is 0 Å². The summed E-state index contributed by atoms with van der Waals surface area (Å²) in [5.41, 5.74) is 7.80. The van der Waals surface area contributed by atoms with Crippen molar-refractivity contribution in [2.75, 3.05) is 11.1 Å². The van der Waals surface area contributed by atoms with Crippen LogP contribution in [0.15, 0.2) is 42.5 Å². The molecule has 21 heavy (non-hydrogen) atoms. The largest absolute Gasteiger partial charge is 0.396 e. The van der Waals surface area contributed by atoms with E-state index in [4.69, 9.17) is 28.9 Å². The molecule has 4 nitrogen and oxygen atoms in total. The van der Waals surface area contributed by atoms with Crippen LogP contribution in [0.3, 0.4) is 0 Å². The third kappa shape index (κ3) is 2.68. The van der Waals surface area contributed by atoms with E-state index in [0.717, 1.165) is 10.9 Å². The summed E-state index contributed by atoms with van der Waals surface area (Å²) in [4.78, 5) is 15.3. The number of carbonyl (C=O) groups is 1. The first-order valence-electron chi connectivity index (χ1n) is 6.18. The topological polar surface area (TPSA) is 70.9 Å². The molecular weight excluding hydrogens is 309 g/mol. The molecule has 0 saturated carbocycles. The molecule has 2 aromatic carbocycles. The van der Waals surface area contributed by atoms with Crippen molar-refractivity contribution in [1.82, 2.24) is 4.98 Å². The van der Waals surface area contributed by atoms with Crippen molar-refractivity contribution in [3.05, 3.63) is 58.2 Å². The van der Waals surface area contributed by atoms with Gasteiger partial charge < -0.3 is 16.0 Å². The highest BCUT2D eigenvalue weighted by Crippen LogP contribution is 2.31. The normalized spacial score (nSPS) is 10.8. The standard InChI is InChI=1S/C15H11Cl2N3O/c16-10-6-9(7-11(17)14(10)18)19-15(21)13-5-8-3-1-2-4-12(8)20-13/h1-7,20H,18H2,(H,19,21). The number of benzene rings is 2. The molecule has 0 radical (unpaired) electrons. The SMILES string of the molecule is Nc1c(Cl)cc(NC(=O)c2cc3ccccc3[nH]2)cc1Cl. The molecule has 106 valence electrons. The number of carbonyl (C=O) groups excluding carboxylic acids is 1. The Kier molecular flexibility index (Phi) is 3.49. The first-order valence-corrected chi connectivity index (χ1v) is 6.94. The number of rotatable bonds is 2. The predicted octanol–water partition coefficient (Wildman–Crippen LogP) is 4.31. The zero-order chi connectivity index (χ0) is 15.0. The van der Waals surface area contributed by atoms with Gasteiger partial charge in [-0.3, -0.25) is 4.79 Å². The van der Waals surface area contributed by atoms with Gasteiger partial charge >= 0.3 is 0 Å². The van der Waals surface area contributed by atoms with Gasteiger partial charge in [-0.1, -0.05) is 41.4 Å². The number of hydrogen-bond donors (Lipinski definition) is 3. The average Bonchev–Trinajstić information content (AvgIpc) is 2.88. The lowest BCUT2D eigenvalue weighted by atomic mass is 10.2. The quantitative estimate of drug-likeness (QED) is 0.616. The van der Waals surface area contributed by atoms with Crippen LogP contribution in [0.2, 0.25) is 10.0 Å². The number of amides is 1. The summed E-state index contributed by atoms with van der Waals surface area (Å²) in [7, 11) is 0. The molecule has 0 aliphatic rings. The monoisotopic (exact) mass is 319 g/mol. The minimum Gasteiger partial charge on any atom is -0.396 e. The Morgan fingerprint density at radius 2 is 1.76 bits per heavy atom. The van der Waals surface area contributed by atoms with Crippen molar-refractivity contribution in [2.24, 2.45) is 0 Å². The van der Waals surface area contributed by atoms with E-state index in [0.29, 0.717) is 27.1 Å². The lowest BCUT2D eigenvalue weighted by molar-refractivity contribution is 0.102. The second kappa shape index (κ2) is 5.31.